The first-order valence-corrected chi connectivity index (χ1v) is 10.5. The van der Waals surface area contributed by atoms with Gasteiger partial charge in [0, 0.05) is 37.8 Å². The van der Waals surface area contributed by atoms with E-state index in [1.807, 2.05) is 25.1 Å². The van der Waals surface area contributed by atoms with Gasteiger partial charge < -0.3 is 25.5 Å². The number of hydrogen-bond donors (Lipinski definition) is 3. The Balaban J connectivity index is 2.28. The number of unbranched alkanes of at least 4 members (excludes halogenated alkanes) is 3. The number of nitrogens with one attached hydrogen (secondary N) is 3. The number of amides is 2. The highest BCUT2D eigenvalue weighted by molar-refractivity contribution is 5.92. The number of ether oxygens (including phenoxy) is 1. The minimum atomic E-state index is -0.359. The third-order valence-corrected chi connectivity index (χ3v) is 4.43. The number of benzene rings is 1. The number of aldehydes is 1. The van der Waals surface area contributed by atoms with Crippen molar-refractivity contribution in [3.63, 3.8) is 0 Å². The van der Waals surface area contributed by atoms with Gasteiger partial charge in [0.1, 0.15) is 19.5 Å². The fourth-order valence-corrected chi connectivity index (χ4v) is 2.70. The highest BCUT2D eigenvalue weighted by atomic mass is 16.5. The molecule has 31 heavy (non-hydrogen) atoms. The van der Waals surface area contributed by atoms with Crippen LogP contribution in [-0.4, -0.2) is 50.7 Å². The molecule has 0 aromatic heterocycles. The summed E-state index contributed by atoms with van der Waals surface area (Å²) in [7, 11) is 1.77. The SMILES string of the molecule is CN/C(C)=C\C(=O)CCc1cccc(NC(=O)COCC(=O)NCCCCCC=O)c1. The van der Waals surface area contributed by atoms with Crippen molar-refractivity contribution in [2.75, 3.05) is 32.1 Å². The fourth-order valence-electron chi connectivity index (χ4n) is 2.70. The number of rotatable bonds is 16. The zero-order valence-electron chi connectivity index (χ0n) is 18.4. The molecule has 0 aliphatic heterocycles. The van der Waals surface area contributed by atoms with Crippen molar-refractivity contribution >= 4 is 29.6 Å². The first kappa shape index (κ1) is 26.0. The lowest BCUT2D eigenvalue weighted by molar-refractivity contribution is -0.128. The van der Waals surface area contributed by atoms with Gasteiger partial charge >= 0.3 is 0 Å². The summed E-state index contributed by atoms with van der Waals surface area (Å²) >= 11 is 0. The second-order valence-corrected chi connectivity index (χ2v) is 7.15. The van der Waals surface area contributed by atoms with Crippen LogP contribution < -0.4 is 16.0 Å². The molecule has 0 heterocycles. The second-order valence-electron chi connectivity index (χ2n) is 7.15. The van der Waals surface area contributed by atoms with E-state index in [2.05, 4.69) is 16.0 Å². The maximum Gasteiger partial charge on any atom is 0.250 e. The molecule has 0 fully saturated rings. The van der Waals surface area contributed by atoms with Gasteiger partial charge in [0.25, 0.3) is 0 Å². The van der Waals surface area contributed by atoms with Crippen molar-refractivity contribution in [1.82, 2.24) is 10.6 Å². The number of hydrogen-bond acceptors (Lipinski definition) is 6. The van der Waals surface area contributed by atoms with Gasteiger partial charge in [-0.2, -0.15) is 0 Å². The van der Waals surface area contributed by atoms with Gasteiger partial charge in [0.15, 0.2) is 5.78 Å². The standard InChI is InChI=1S/C23H33N3O5/c1-18(24-2)14-21(28)11-10-19-8-7-9-20(15-19)26-23(30)17-31-16-22(29)25-12-5-3-4-6-13-27/h7-9,13-15,24H,3-6,10-12,16-17H2,1-2H3,(H,25,29)(H,26,30)/b18-14-. The lowest BCUT2D eigenvalue weighted by atomic mass is 10.1. The molecule has 0 atom stereocenters. The molecule has 8 heteroatoms. The summed E-state index contributed by atoms with van der Waals surface area (Å²) in [5.41, 5.74) is 2.37. The molecule has 8 nitrogen and oxygen atoms in total. The number of carbonyl (C=O) groups excluding carboxylic acids is 4. The Kier molecular flexibility index (Phi) is 13.3. The van der Waals surface area contributed by atoms with Crippen molar-refractivity contribution in [2.24, 2.45) is 0 Å². The van der Waals surface area contributed by atoms with E-state index < -0.39 is 0 Å². The molecule has 1 aromatic rings. The van der Waals surface area contributed by atoms with Crippen molar-refractivity contribution in [1.29, 1.82) is 0 Å². The van der Waals surface area contributed by atoms with E-state index >= 15 is 0 Å². The van der Waals surface area contributed by atoms with Crippen LogP contribution in [0.15, 0.2) is 36.0 Å². The summed E-state index contributed by atoms with van der Waals surface area (Å²) in [6, 6.07) is 7.29. The third-order valence-electron chi connectivity index (χ3n) is 4.43. The van der Waals surface area contributed by atoms with Crippen LogP contribution in [0.3, 0.4) is 0 Å². The van der Waals surface area contributed by atoms with Crippen LogP contribution >= 0.6 is 0 Å². The molecule has 0 spiro atoms. The van der Waals surface area contributed by atoms with E-state index in [0.717, 1.165) is 36.8 Å². The van der Waals surface area contributed by atoms with Crippen molar-refractivity contribution < 1.29 is 23.9 Å². The average Bonchev–Trinajstić information content (AvgIpc) is 2.75. The summed E-state index contributed by atoms with van der Waals surface area (Å²) in [5, 5.41) is 8.35. The highest BCUT2D eigenvalue weighted by Gasteiger charge is 2.07. The minimum Gasteiger partial charge on any atom is -0.392 e. The largest absolute Gasteiger partial charge is 0.392 e. The fraction of sp³-hybridized carbons (Fsp3) is 0.478. The topological polar surface area (TPSA) is 114 Å². The molecule has 2 amide bonds. The number of ketones is 1. The maximum absolute atomic E-state index is 12.0. The number of carbonyl (C=O) groups is 4. The van der Waals surface area contributed by atoms with Crippen LogP contribution in [0.2, 0.25) is 0 Å². The summed E-state index contributed by atoms with van der Waals surface area (Å²) in [4.78, 5) is 45.8. The lowest BCUT2D eigenvalue weighted by Gasteiger charge is -2.08. The molecule has 1 rings (SSSR count). The molecule has 0 aliphatic rings. The molecule has 0 bridgehead atoms. The number of allylic oxidation sites excluding steroid dienone is 2. The molecule has 0 saturated carbocycles. The van der Waals surface area contributed by atoms with Gasteiger partial charge in [-0.15, -0.1) is 0 Å². The van der Waals surface area contributed by atoms with Crippen LogP contribution in [0, 0.1) is 0 Å². The van der Waals surface area contributed by atoms with Crippen LogP contribution in [0.5, 0.6) is 0 Å². The summed E-state index contributed by atoms with van der Waals surface area (Å²) < 4.78 is 5.15. The Morgan fingerprint density at radius 2 is 1.84 bits per heavy atom. The lowest BCUT2D eigenvalue weighted by Crippen LogP contribution is -2.30. The van der Waals surface area contributed by atoms with E-state index in [1.165, 1.54) is 0 Å². The number of aryl methyl sites for hydroxylation is 1. The van der Waals surface area contributed by atoms with Crippen molar-refractivity contribution in [2.45, 2.75) is 45.4 Å². The van der Waals surface area contributed by atoms with E-state index in [9.17, 15) is 19.2 Å². The Morgan fingerprint density at radius 1 is 1.06 bits per heavy atom. The van der Waals surface area contributed by atoms with E-state index in [0.29, 0.717) is 31.5 Å². The van der Waals surface area contributed by atoms with Gasteiger partial charge in [-0.25, -0.2) is 0 Å². The van der Waals surface area contributed by atoms with Gasteiger partial charge in [-0.1, -0.05) is 18.6 Å². The summed E-state index contributed by atoms with van der Waals surface area (Å²) in [5.74, 6) is -0.603. The van der Waals surface area contributed by atoms with Gasteiger partial charge in [0.05, 0.1) is 0 Å². The molecule has 1 aromatic carbocycles. The highest BCUT2D eigenvalue weighted by Crippen LogP contribution is 2.13. The Morgan fingerprint density at radius 3 is 2.58 bits per heavy atom. The van der Waals surface area contributed by atoms with Gasteiger partial charge in [-0.05, 0) is 50.0 Å². The quantitative estimate of drug-likeness (QED) is 0.210. The zero-order chi connectivity index (χ0) is 22.9. The molecule has 3 N–H and O–H groups in total. The Labute approximate surface area is 183 Å². The zero-order valence-corrected chi connectivity index (χ0v) is 18.4. The second kappa shape index (κ2) is 15.8. The van der Waals surface area contributed by atoms with Gasteiger partial charge in [0.2, 0.25) is 11.8 Å². The molecule has 0 saturated heterocycles. The maximum atomic E-state index is 12.0. The summed E-state index contributed by atoms with van der Waals surface area (Å²) in [6.07, 6.45) is 6.46. The average molecular weight is 432 g/mol. The first-order valence-electron chi connectivity index (χ1n) is 10.5. The molecular weight excluding hydrogens is 398 g/mol. The molecule has 170 valence electrons. The van der Waals surface area contributed by atoms with Gasteiger partial charge in [-0.3, -0.25) is 14.4 Å². The minimum absolute atomic E-state index is 0.0360. The van der Waals surface area contributed by atoms with E-state index in [4.69, 9.17) is 4.74 Å². The van der Waals surface area contributed by atoms with Crippen molar-refractivity contribution in [3.05, 3.63) is 41.6 Å². The Bertz CT molecular complexity index is 761. The predicted molar refractivity (Wildman–Crippen MR) is 120 cm³/mol. The van der Waals surface area contributed by atoms with Crippen molar-refractivity contribution in [3.8, 4) is 0 Å². The van der Waals surface area contributed by atoms with Crippen LogP contribution in [-0.2, 0) is 30.3 Å². The third kappa shape index (κ3) is 13.0. The molecule has 0 radical (unpaired) electrons. The van der Waals surface area contributed by atoms with E-state index in [-0.39, 0.29) is 30.8 Å². The van der Waals surface area contributed by atoms with E-state index in [1.54, 1.807) is 19.2 Å². The van der Waals surface area contributed by atoms with Crippen LogP contribution in [0.25, 0.3) is 0 Å². The van der Waals surface area contributed by atoms with Crippen LogP contribution in [0.4, 0.5) is 5.69 Å². The summed E-state index contributed by atoms with van der Waals surface area (Å²) in [6.45, 7) is 1.93. The molecular formula is C23H33N3O5. The normalized spacial score (nSPS) is 11.0. The molecule has 0 aliphatic carbocycles. The smallest absolute Gasteiger partial charge is 0.250 e. The molecule has 0 unspecified atom stereocenters. The number of anilines is 1. The van der Waals surface area contributed by atoms with Crippen LogP contribution in [0.1, 0.15) is 44.6 Å². The first-order chi connectivity index (χ1) is 14.9. The monoisotopic (exact) mass is 431 g/mol. The Hall–Kier alpha value is -3.00. The predicted octanol–water partition coefficient (Wildman–Crippen LogP) is 2.14.